The number of carbonyl (C=O) groups excluding carboxylic acids is 1. The molecule has 2 aromatic carbocycles. The number of carbonyl (C=O) groups is 1. The van der Waals surface area contributed by atoms with Crippen molar-refractivity contribution in [1.29, 1.82) is 0 Å². The second kappa shape index (κ2) is 6.26. The summed E-state index contributed by atoms with van der Waals surface area (Å²) in [6.45, 7) is 2.00. The summed E-state index contributed by atoms with van der Waals surface area (Å²) < 4.78 is 4.70. The van der Waals surface area contributed by atoms with E-state index in [0.717, 1.165) is 27.8 Å². The molecule has 4 nitrogen and oxygen atoms in total. The highest BCUT2D eigenvalue weighted by atomic mass is 35.5. The smallest absolute Gasteiger partial charge is 0.337 e. The molecule has 0 saturated heterocycles. The third-order valence-electron chi connectivity index (χ3n) is 3.63. The van der Waals surface area contributed by atoms with E-state index in [2.05, 4.69) is 10.3 Å². The van der Waals surface area contributed by atoms with Crippen molar-refractivity contribution < 1.29 is 9.53 Å². The maximum Gasteiger partial charge on any atom is 0.337 e. The highest BCUT2D eigenvalue weighted by Crippen LogP contribution is 2.32. The molecule has 3 aromatic rings. The fourth-order valence-electron chi connectivity index (χ4n) is 2.43. The first-order valence-electron chi connectivity index (χ1n) is 7.09. The van der Waals surface area contributed by atoms with Crippen LogP contribution in [0.2, 0.25) is 5.02 Å². The maximum atomic E-state index is 11.5. The predicted octanol–water partition coefficient (Wildman–Crippen LogP) is 4.73. The van der Waals surface area contributed by atoms with Crippen LogP contribution in [-0.4, -0.2) is 18.1 Å². The van der Waals surface area contributed by atoms with Crippen molar-refractivity contribution in [3.05, 3.63) is 64.8 Å². The fourth-order valence-corrected chi connectivity index (χ4v) is 2.68. The van der Waals surface area contributed by atoms with Gasteiger partial charge in [0.05, 0.1) is 28.9 Å². The fraction of sp³-hybridized carbons (Fsp3) is 0.111. The highest BCUT2D eigenvalue weighted by molar-refractivity contribution is 6.36. The lowest BCUT2D eigenvalue weighted by molar-refractivity contribution is 0.0601. The predicted molar refractivity (Wildman–Crippen MR) is 92.6 cm³/mol. The number of aromatic nitrogens is 1. The Morgan fingerprint density at radius 2 is 1.87 bits per heavy atom. The van der Waals surface area contributed by atoms with Gasteiger partial charge >= 0.3 is 5.97 Å². The third kappa shape index (κ3) is 2.98. The zero-order valence-electron chi connectivity index (χ0n) is 12.8. The number of nitrogens with zero attached hydrogens (tertiary/aromatic N) is 1. The monoisotopic (exact) mass is 326 g/mol. The molecular weight excluding hydrogens is 312 g/mol. The molecule has 0 atom stereocenters. The quantitative estimate of drug-likeness (QED) is 0.707. The summed E-state index contributed by atoms with van der Waals surface area (Å²) >= 11 is 6.34. The minimum Gasteiger partial charge on any atom is -0.465 e. The van der Waals surface area contributed by atoms with E-state index < -0.39 is 0 Å². The largest absolute Gasteiger partial charge is 0.465 e. The summed E-state index contributed by atoms with van der Waals surface area (Å²) in [7, 11) is 1.36. The summed E-state index contributed by atoms with van der Waals surface area (Å²) in [5.74, 6) is -0.357. The van der Waals surface area contributed by atoms with Crippen LogP contribution in [0.15, 0.2) is 48.7 Å². The number of pyridine rings is 1. The van der Waals surface area contributed by atoms with E-state index in [1.807, 2.05) is 37.3 Å². The summed E-state index contributed by atoms with van der Waals surface area (Å²) in [4.78, 5) is 15.9. The molecule has 5 heteroatoms. The molecule has 0 radical (unpaired) electrons. The summed E-state index contributed by atoms with van der Waals surface area (Å²) in [6, 6.07) is 12.8. The Hall–Kier alpha value is -2.59. The molecule has 1 heterocycles. The van der Waals surface area contributed by atoms with Crippen molar-refractivity contribution in [3.63, 3.8) is 0 Å². The number of aryl methyl sites for hydroxylation is 1. The molecule has 1 N–H and O–H groups in total. The highest BCUT2D eigenvalue weighted by Gasteiger charge is 2.09. The number of esters is 1. The second-order valence-electron chi connectivity index (χ2n) is 5.14. The van der Waals surface area contributed by atoms with Crippen LogP contribution >= 0.6 is 11.6 Å². The number of nitrogens with one attached hydrogen (secondary N) is 1. The van der Waals surface area contributed by atoms with Crippen LogP contribution in [0.3, 0.4) is 0 Å². The van der Waals surface area contributed by atoms with E-state index in [9.17, 15) is 4.79 Å². The topological polar surface area (TPSA) is 51.2 Å². The third-order valence-corrected chi connectivity index (χ3v) is 3.94. The number of rotatable bonds is 3. The molecule has 0 amide bonds. The molecule has 0 aliphatic heterocycles. The maximum absolute atomic E-state index is 11.5. The van der Waals surface area contributed by atoms with Crippen LogP contribution < -0.4 is 5.32 Å². The minimum absolute atomic E-state index is 0.357. The van der Waals surface area contributed by atoms with Gasteiger partial charge in [0.15, 0.2) is 0 Å². The van der Waals surface area contributed by atoms with E-state index in [4.69, 9.17) is 16.3 Å². The molecule has 1 aromatic heterocycles. The molecule has 0 bridgehead atoms. The standard InChI is InChI=1S/C18H15ClN2O2/c1-11-3-8-14(19)16-15(9-10-20-17(11)16)21-13-6-4-12(5-7-13)18(22)23-2/h3-10H,1-2H3,(H,20,21). The van der Waals surface area contributed by atoms with Crippen molar-refractivity contribution in [1.82, 2.24) is 4.98 Å². The number of ether oxygens (including phenoxy) is 1. The Morgan fingerprint density at radius 3 is 2.57 bits per heavy atom. The number of methoxy groups -OCH3 is 1. The molecule has 3 rings (SSSR count). The number of halogens is 1. The lowest BCUT2D eigenvalue weighted by atomic mass is 10.1. The molecule has 0 aliphatic rings. The minimum atomic E-state index is -0.357. The molecule has 0 unspecified atom stereocenters. The van der Waals surface area contributed by atoms with Crippen LogP contribution in [0, 0.1) is 6.92 Å². The zero-order chi connectivity index (χ0) is 16.4. The number of benzene rings is 2. The van der Waals surface area contributed by atoms with Crippen molar-refractivity contribution >= 4 is 39.8 Å². The van der Waals surface area contributed by atoms with Gasteiger partial charge in [-0.25, -0.2) is 4.79 Å². The van der Waals surface area contributed by atoms with Crippen molar-refractivity contribution in [3.8, 4) is 0 Å². The average Bonchev–Trinajstić information content (AvgIpc) is 2.58. The van der Waals surface area contributed by atoms with Crippen LogP contribution in [0.1, 0.15) is 15.9 Å². The van der Waals surface area contributed by atoms with E-state index in [0.29, 0.717) is 10.6 Å². The summed E-state index contributed by atoms with van der Waals surface area (Å²) in [5, 5.41) is 4.85. The Kier molecular flexibility index (Phi) is 4.17. The van der Waals surface area contributed by atoms with Gasteiger partial charge in [0.1, 0.15) is 0 Å². The molecule has 0 aliphatic carbocycles. The number of hydrogen-bond donors (Lipinski definition) is 1. The van der Waals surface area contributed by atoms with Gasteiger partial charge in [0, 0.05) is 17.3 Å². The van der Waals surface area contributed by atoms with E-state index in [1.54, 1.807) is 18.3 Å². The Balaban J connectivity index is 1.99. The Morgan fingerprint density at radius 1 is 1.13 bits per heavy atom. The second-order valence-corrected chi connectivity index (χ2v) is 5.55. The van der Waals surface area contributed by atoms with Crippen molar-refractivity contribution in [2.45, 2.75) is 6.92 Å². The number of fused-ring (bicyclic) bond motifs is 1. The van der Waals surface area contributed by atoms with E-state index in [-0.39, 0.29) is 5.97 Å². The molecule has 116 valence electrons. The van der Waals surface area contributed by atoms with E-state index in [1.165, 1.54) is 7.11 Å². The van der Waals surface area contributed by atoms with E-state index >= 15 is 0 Å². The SMILES string of the molecule is COC(=O)c1ccc(Nc2ccnc3c(C)ccc(Cl)c23)cc1. The first-order valence-corrected chi connectivity index (χ1v) is 7.47. The van der Waals surface area contributed by atoms with Crippen LogP contribution in [-0.2, 0) is 4.74 Å². The van der Waals surface area contributed by atoms with Crippen molar-refractivity contribution in [2.75, 3.05) is 12.4 Å². The molecule has 0 spiro atoms. The normalized spacial score (nSPS) is 10.6. The van der Waals surface area contributed by atoms with Crippen LogP contribution in [0.25, 0.3) is 10.9 Å². The average molecular weight is 327 g/mol. The summed E-state index contributed by atoms with van der Waals surface area (Å²) in [6.07, 6.45) is 1.75. The van der Waals surface area contributed by atoms with Gasteiger partial charge in [0.2, 0.25) is 0 Å². The molecule has 0 saturated carbocycles. The molecule has 0 fully saturated rings. The Bertz CT molecular complexity index is 876. The first-order chi connectivity index (χ1) is 11.1. The van der Waals surface area contributed by atoms with Gasteiger partial charge in [-0.1, -0.05) is 17.7 Å². The van der Waals surface area contributed by atoms with Gasteiger partial charge in [-0.15, -0.1) is 0 Å². The van der Waals surface area contributed by atoms with Gasteiger partial charge in [-0.05, 0) is 48.9 Å². The van der Waals surface area contributed by atoms with Crippen molar-refractivity contribution in [2.24, 2.45) is 0 Å². The lowest BCUT2D eigenvalue weighted by Crippen LogP contribution is -2.01. The summed E-state index contributed by atoms with van der Waals surface area (Å²) in [5.41, 5.74) is 4.16. The number of anilines is 2. The van der Waals surface area contributed by atoms with Gasteiger partial charge in [0.25, 0.3) is 0 Å². The molecule has 23 heavy (non-hydrogen) atoms. The first kappa shape index (κ1) is 15.3. The van der Waals surface area contributed by atoms with Gasteiger partial charge in [-0.2, -0.15) is 0 Å². The number of hydrogen-bond acceptors (Lipinski definition) is 4. The van der Waals surface area contributed by atoms with Gasteiger partial charge in [-0.3, -0.25) is 4.98 Å². The van der Waals surface area contributed by atoms with Gasteiger partial charge < -0.3 is 10.1 Å². The lowest BCUT2D eigenvalue weighted by Gasteiger charge is -2.12. The van der Waals surface area contributed by atoms with Crippen LogP contribution in [0.5, 0.6) is 0 Å². The zero-order valence-corrected chi connectivity index (χ0v) is 13.5. The molecular formula is C18H15ClN2O2. The van der Waals surface area contributed by atoms with Crippen LogP contribution in [0.4, 0.5) is 11.4 Å². The Labute approximate surface area is 139 Å².